The van der Waals surface area contributed by atoms with E-state index in [1.54, 1.807) is 39.3 Å². The number of hydrogen-bond acceptors (Lipinski definition) is 4. The maximum absolute atomic E-state index is 11.1. The molecule has 0 spiro atoms. The Morgan fingerprint density at radius 1 is 1.50 bits per heavy atom. The monoisotopic (exact) mass is 253 g/mol. The first kappa shape index (κ1) is 14.3. The second kappa shape index (κ2) is 6.86. The van der Waals surface area contributed by atoms with Crippen molar-refractivity contribution >= 4 is 5.91 Å². The average molecular weight is 253 g/mol. The molecule has 2 N–H and O–H groups in total. The Hall–Kier alpha value is -1.75. The van der Waals surface area contributed by atoms with Crippen molar-refractivity contribution in [2.45, 2.75) is 19.4 Å². The van der Waals surface area contributed by atoms with Gasteiger partial charge in [0, 0.05) is 18.7 Å². The van der Waals surface area contributed by atoms with Crippen molar-refractivity contribution in [3.63, 3.8) is 0 Å². The fourth-order valence-corrected chi connectivity index (χ4v) is 1.49. The number of hydrogen-bond donors (Lipinski definition) is 2. The first-order valence-corrected chi connectivity index (χ1v) is 5.78. The van der Waals surface area contributed by atoms with Crippen LogP contribution >= 0.6 is 0 Å². The number of methoxy groups -OCH3 is 1. The van der Waals surface area contributed by atoms with E-state index in [2.05, 4.69) is 5.32 Å². The summed E-state index contributed by atoms with van der Waals surface area (Å²) in [7, 11) is 3.14. The molecule has 0 aromatic heterocycles. The van der Waals surface area contributed by atoms with Crippen LogP contribution in [0.15, 0.2) is 18.2 Å². The summed E-state index contributed by atoms with van der Waals surface area (Å²) < 4.78 is 10.6. The van der Waals surface area contributed by atoms with Crippen molar-refractivity contribution in [3.05, 3.63) is 23.8 Å². The summed E-state index contributed by atoms with van der Waals surface area (Å²) in [5, 5.41) is 12.1. The van der Waals surface area contributed by atoms with E-state index in [1.165, 1.54) is 0 Å². The van der Waals surface area contributed by atoms with E-state index in [0.29, 0.717) is 17.1 Å². The molecule has 0 saturated heterocycles. The molecule has 18 heavy (non-hydrogen) atoms. The number of carbonyl (C=O) groups is 1. The first-order valence-electron chi connectivity index (χ1n) is 5.78. The number of rotatable bonds is 6. The predicted molar refractivity (Wildman–Crippen MR) is 67.8 cm³/mol. The van der Waals surface area contributed by atoms with Gasteiger partial charge < -0.3 is 19.9 Å². The molecule has 1 unspecified atom stereocenters. The molecule has 0 saturated carbocycles. The minimum atomic E-state index is -0.633. The molecule has 1 atom stereocenters. The first-order chi connectivity index (χ1) is 8.58. The third-order valence-electron chi connectivity index (χ3n) is 2.54. The van der Waals surface area contributed by atoms with Crippen LogP contribution in [0.2, 0.25) is 0 Å². The van der Waals surface area contributed by atoms with E-state index in [4.69, 9.17) is 9.47 Å². The molecule has 0 aliphatic carbocycles. The van der Waals surface area contributed by atoms with Crippen molar-refractivity contribution in [2.24, 2.45) is 0 Å². The van der Waals surface area contributed by atoms with E-state index in [1.807, 2.05) is 0 Å². The fourth-order valence-electron chi connectivity index (χ4n) is 1.49. The van der Waals surface area contributed by atoms with Gasteiger partial charge in [-0.3, -0.25) is 4.79 Å². The van der Waals surface area contributed by atoms with Gasteiger partial charge in [0.1, 0.15) is 11.5 Å². The number of ether oxygens (including phenoxy) is 2. The molecule has 0 fully saturated rings. The van der Waals surface area contributed by atoms with E-state index in [-0.39, 0.29) is 18.9 Å². The Labute approximate surface area is 107 Å². The third-order valence-corrected chi connectivity index (χ3v) is 2.54. The maximum Gasteiger partial charge on any atom is 0.223 e. The second-order valence-corrected chi connectivity index (χ2v) is 3.85. The molecule has 5 heteroatoms. The highest BCUT2D eigenvalue weighted by Gasteiger charge is 2.11. The lowest BCUT2D eigenvalue weighted by Gasteiger charge is -2.14. The van der Waals surface area contributed by atoms with Crippen LogP contribution < -0.4 is 14.8 Å². The van der Waals surface area contributed by atoms with Crippen molar-refractivity contribution in [1.82, 2.24) is 5.32 Å². The molecule has 0 radical (unpaired) electrons. The number of carbonyl (C=O) groups excluding carboxylic acids is 1. The van der Waals surface area contributed by atoms with Gasteiger partial charge in [-0.25, -0.2) is 0 Å². The van der Waals surface area contributed by atoms with Crippen LogP contribution in [-0.2, 0) is 4.79 Å². The summed E-state index contributed by atoms with van der Waals surface area (Å²) in [6.45, 7) is 1.92. The van der Waals surface area contributed by atoms with Crippen LogP contribution in [0.5, 0.6) is 11.5 Å². The van der Waals surface area contributed by atoms with E-state index in [0.717, 1.165) is 0 Å². The van der Waals surface area contributed by atoms with Gasteiger partial charge in [-0.15, -0.1) is 0 Å². The van der Waals surface area contributed by atoms with Crippen LogP contribution in [0.1, 0.15) is 25.0 Å². The molecular formula is C13H19NO4. The lowest BCUT2D eigenvalue weighted by molar-refractivity contribution is -0.121. The van der Waals surface area contributed by atoms with Crippen LogP contribution in [0.25, 0.3) is 0 Å². The highest BCUT2D eigenvalue weighted by molar-refractivity contribution is 5.75. The fraction of sp³-hybridized carbons (Fsp3) is 0.462. The van der Waals surface area contributed by atoms with E-state index in [9.17, 15) is 9.90 Å². The van der Waals surface area contributed by atoms with Gasteiger partial charge in [-0.05, 0) is 19.1 Å². The van der Waals surface area contributed by atoms with Gasteiger partial charge in [0.2, 0.25) is 5.91 Å². The largest absolute Gasteiger partial charge is 0.497 e. The molecule has 1 aromatic carbocycles. The third kappa shape index (κ3) is 3.92. The lowest BCUT2D eigenvalue weighted by Crippen LogP contribution is -2.20. The summed E-state index contributed by atoms with van der Waals surface area (Å²) in [4.78, 5) is 11.1. The van der Waals surface area contributed by atoms with Gasteiger partial charge in [0.05, 0.1) is 26.2 Å². The van der Waals surface area contributed by atoms with Crippen LogP contribution in [0.4, 0.5) is 0 Å². The summed E-state index contributed by atoms with van der Waals surface area (Å²) in [6.07, 6.45) is -0.363. The highest BCUT2D eigenvalue weighted by Crippen LogP contribution is 2.29. The number of aliphatic hydroxyl groups is 1. The smallest absolute Gasteiger partial charge is 0.223 e. The highest BCUT2D eigenvalue weighted by atomic mass is 16.5. The molecule has 1 amide bonds. The number of amides is 1. The van der Waals surface area contributed by atoms with Crippen LogP contribution in [-0.4, -0.2) is 31.8 Å². The zero-order valence-corrected chi connectivity index (χ0v) is 10.9. The average Bonchev–Trinajstić information content (AvgIpc) is 2.37. The molecule has 100 valence electrons. The number of nitrogens with one attached hydrogen (secondary N) is 1. The summed E-state index contributed by atoms with van der Waals surface area (Å²) in [6, 6.07) is 5.21. The normalized spacial score (nSPS) is 11.8. The van der Waals surface area contributed by atoms with Gasteiger partial charge in [-0.1, -0.05) is 0 Å². The molecule has 0 heterocycles. The van der Waals surface area contributed by atoms with Gasteiger partial charge in [0.15, 0.2) is 0 Å². The number of aliphatic hydroxyl groups excluding tert-OH is 1. The Morgan fingerprint density at radius 3 is 2.78 bits per heavy atom. The van der Waals surface area contributed by atoms with Gasteiger partial charge >= 0.3 is 0 Å². The van der Waals surface area contributed by atoms with E-state index < -0.39 is 6.10 Å². The molecule has 5 nitrogen and oxygen atoms in total. The van der Waals surface area contributed by atoms with Crippen molar-refractivity contribution in [1.29, 1.82) is 0 Å². The van der Waals surface area contributed by atoms with Crippen LogP contribution in [0.3, 0.4) is 0 Å². The zero-order chi connectivity index (χ0) is 13.5. The Bertz CT molecular complexity index is 404. The zero-order valence-electron chi connectivity index (χ0n) is 10.9. The summed E-state index contributed by atoms with van der Waals surface area (Å²) >= 11 is 0. The number of benzene rings is 1. The summed E-state index contributed by atoms with van der Waals surface area (Å²) in [5.74, 6) is 1.10. The predicted octanol–water partition coefficient (Wildman–Crippen LogP) is 1.26. The second-order valence-electron chi connectivity index (χ2n) is 3.85. The maximum atomic E-state index is 11.1. The van der Waals surface area contributed by atoms with E-state index >= 15 is 0 Å². The standard InChI is InChI=1S/C13H19NO4/c1-9(15)11-5-4-10(17-3)8-12(11)18-7-6-13(16)14-2/h4-5,8-9,15H,6-7H2,1-3H3,(H,14,16). The Morgan fingerprint density at radius 2 is 2.22 bits per heavy atom. The molecular weight excluding hydrogens is 234 g/mol. The topological polar surface area (TPSA) is 67.8 Å². The summed E-state index contributed by atoms with van der Waals surface area (Å²) in [5.41, 5.74) is 0.674. The molecule has 0 bridgehead atoms. The van der Waals surface area contributed by atoms with Gasteiger partial charge in [0.25, 0.3) is 0 Å². The van der Waals surface area contributed by atoms with Gasteiger partial charge in [-0.2, -0.15) is 0 Å². The molecule has 0 aliphatic rings. The minimum Gasteiger partial charge on any atom is -0.497 e. The Kier molecular flexibility index (Phi) is 5.45. The molecule has 1 rings (SSSR count). The quantitative estimate of drug-likeness (QED) is 0.801. The van der Waals surface area contributed by atoms with Crippen molar-refractivity contribution < 1.29 is 19.4 Å². The Balaban J connectivity index is 2.74. The van der Waals surface area contributed by atoms with Crippen LogP contribution in [0, 0.1) is 0 Å². The molecule has 1 aromatic rings. The van der Waals surface area contributed by atoms with Crippen molar-refractivity contribution in [2.75, 3.05) is 20.8 Å². The minimum absolute atomic E-state index is 0.0866. The van der Waals surface area contributed by atoms with Crippen molar-refractivity contribution in [3.8, 4) is 11.5 Å². The SMILES string of the molecule is CNC(=O)CCOc1cc(OC)ccc1C(C)O. The lowest BCUT2D eigenvalue weighted by atomic mass is 10.1. The molecule has 0 aliphatic heterocycles.